The van der Waals surface area contributed by atoms with E-state index in [9.17, 15) is 16.8 Å². The van der Waals surface area contributed by atoms with Gasteiger partial charge in [-0.25, -0.2) is 21.1 Å². The van der Waals surface area contributed by atoms with Crippen molar-refractivity contribution < 1.29 is 21.6 Å². The Hall–Kier alpha value is -1.49. The average molecular weight is 473 g/mol. The summed E-state index contributed by atoms with van der Waals surface area (Å²) in [6.45, 7) is 0.909. The third kappa shape index (κ3) is 5.04. The number of hydrogen-bond acceptors (Lipinski definition) is 5. The molecule has 10 heteroatoms. The van der Waals surface area contributed by atoms with E-state index in [2.05, 4.69) is 0 Å². The fourth-order valence-corrected chi connectivity index (χ4v) is 5.77. The minimum Gasteiger partial charge on any atom is -0.377 e. The van der Waals surface area contributed by atoms with E-state index in [1.807, 2.05) is 0 Å². The zero-order valence-corrected chi connectivity index (χ0v) is 19.3. The first-order chi connectivity index (χ1) is 14.1. The van der Waals surface area contributed by atoms with Crippen LogP contribution in [0.5, 0.6) is 0 Å². The molecule has 1 atom stereocenters. The summed E-state index contributed by atoms with van der Waals surface area (Å²) in [5.41, 5.74) is 0.688. The monoisotopic (exact) mass is 472 g/mol. The summed E-state index contributed by atoms with van der Waals surface area (Å²) in [6, 6.07) is 12.3. The number of ether oxygens (including phenoxy) is 1. The second-order valence-electron chi connectivity index (χ2n) is 7.28. The molecule has 0 bridgehead atoms. The summed E-state index contributed by atoms with van der Waals surface area (Å²) >= 11 is 6.26. The smallest absolute Gasteiger partial charge is 0.243 e. The van der Waals surface area contributed by atoms with Gasteiger partial charge in [0, 0.05) is 38.8 Å². The van der Waals surface area contributed by atoms with E-state index >= 15 is 0 Å². The van der Waals surface area contributed by atoms with Crippen LogP contribution in [0.1, 0.15) is 18.4 Å². The van der Waals surface area contributed by atoms with Crippen molar-refractivity contribution in [2.45, 2.75) is 35.3 Å². The minimum absolute atomic E-state index is 0.0188. The number of nitrogens with zero attached hydrogens (tertiary/aromatic N) is 2. The molecule has 2 aromatic rings. The van der Waals surface area contributed by atoms with Crippen LogP contribution in [0.4, 0.5) is 0 Å². The molecule has 2 aromatic carbocycles. The SMILES string of the molecule is CN(C)S(=O)(=O)c1ccc(S(=O)(=O)N(Cc2ccccc2Cl)C[C@@H]2CCCO2)cc1. The van der Waals surface area contributed by atoms with Gasteiger partial charge in [0.2, 0.25) is 20.0 Å². The largest absolute Gasteiger partial charge is 0.377 e. The molecule has 0 aliphatic carbocycles. The molecular formula is C20H25ClN2O5S2. The highest BCUT2D eigenvalue weighted by atomic mass is 35.5. The van der Waals surface area contributed by atoms with Gasteiger partial charge in [-0.05, 0) is 48.7 Å². The highest BCUT2D eigenvalue weighted by Crippen LogP contribution is 2.26. The Bertz CT molecular complexity index is 1080. The average Bonchev–Trinajstić information content (AvgIpc) is 3.22. The van der Waals surface area contributed by atoms with Gasteiger partial charge < -0.3 is 4.74 Å². The first-order valence-corrected chi connectivity index (χ1v) is 12.8. The fraction of sp³-hybridized carbons (Fsp3) is 0.400. The lowest BCUT2D eigenvalue weighted by molar-refractivity contribution is 0.0926. The first-order valence-electron chi connectivity index (χ1n) is 9.50. The van der Waals surface area contributed by atoms with E-state index in [1.165, 1.54) is 42.7 Å². The summed E-state index contributed by atoms with van der Waals surface area (Å²) in [5.74, 6) is 0. The van der Waals surface area contributed by atoms with Crippen LogP contribution in [0.2, 0.25) is 5.02 Å². The zero-order valence-electron chi connectivity index (χ0n) is 16.9. The van der Waals surface area contributed by atoms with Gasteiger partial charge >= 0.3 is 0 Å². The van der Waals surface area contributed by atoms with E-state index in [0.717, 1.165) is 17.1 Å². The Morgan fingerprint density at radius 1 is 0.967 bits per heavy atom. The molecule has 1 heterocycles. The van der Waals surface area contributed by atoms with Crippen molar-refractivity contribution >= 4 is 31.6 Å². The molecule has 0 radical (unpaired) electrons. The molecule has 1 saturated heterocycles. The summed E-state index contributed by atoms with van der Waals surface area (Å²) < 4.78 is 59.4. The van der Waals surface area contributed by atoms with Gasteiger partial charge in [-0.1, -0.05) is 29.8 Å². The molecular weight excluding hydrogens is 448 g/mol. The van der Waals surface area contributed by atoms with E-state index in [0.29, 0.717) is 17.2 Å². The molecule has 0 aromatic heterocycles. The molecule has 1 aliphatic rings. The summed E-state index contributed by atoms with van der Waals surface area (Å²) in [7, 11) is -4.70. The van der Waals surface area contributed by atoms with Crippen LogP contribution in [0.3, 0.4) is 0 Å². The standard InChI is InChI=1S/C20H25ClN2O5S2/c1-22(2)29(24,25)18-9-11-19(12-10-18)30(26,27)23(15-17-7-5-13-28-17)14-16-6-3-4-8-20(16)21/h3-4,6,8-12,17H,5,7,13-15H2,1-2H3/t17-/m0/s1. The zero-order chi connectivity index (χ0) is 21.9. The Balaban J connectivity index is 1.93. The lowest BCUT2D eigenvalue weighted by Crippen LogP contribution is -2.37. The molecule has 7 nitrogen and oxygen atoms in total. The predicted molar refractivity (Wildman–Crippen MR) is 115 cm³/mol. The van der Waals surface area contributed by atoms with Gasteiger partial charge in [-0.3, -0.25) is 0 Å². The maximum atomic E-state index is 13.4. The Morgan fingerprint density at radius 2 is 1.57 bits per heavy atom. The van der Waals surface area contributed by atoms with Crippen LogP contribution in [0, 0.1) is 0 Å². The number of halogens is 1. The summed E-state index contributed by atoms with van der Waals surface area (Å²) in [5, 5.41) is 0.484. The Morgan fingerprint density at radius 3 is 2.10 bits per heavy atom. The van der Waals surface area contributed by atoms with Crippen molar-refractivity contribution in [3.63, 3.8) is 0 Å². The topological polar surface area (TPSA) is 84.0 Å². The van der Waals surface area contributed by atoms with Crippen LogP contribution >= 0.6 is 11.6 Å². The molecule has 164 valence electrons. The lowest BCUT2D eigenvalue weighted by atomic mass is 10.2. The van der Waals surface area contributed by atoms with Crippen molar-refractivity contribution in [2.75, 3.05) is 27.2 Å². The van der Waals surface area contributed by atoms with Crippen LogP contribution in [-0.2, 0) is 31.3 Å². The van der Waals surface area contributed by atoms with E-state index in [-0.39, 0.29) is 29.0 Å². The molecule has 30 heavy (non-hydrogen) atoms. The molecule has 0 N–H and O–H groups in total. The summed E-state index contributed by atoms with van der Waals surface area (Å²) in [4.78, 5) is 0.0495. The number of sulfonamides is 2. The van der Waals surface area contributed by atoms with Gasteiger partial charge in [0.05, 0.1) is 15.9 Å². The third-order valence-corrected chi connectivity index (χ3v) is 9.00. The maximum absolute atomic E-state index is 13.4. The van der Waals surface area contributed by atoms with E-state index in [4.69, 9.17) is 16.3 Å². The van der Waals surface area contributed by atoms with Crippen LogP contribution in [0.25, 0.3) is 0 Å². The Kier molecular flexibility index (Phi) is 7.21. The van der Waals surface area contributed by atoms with Crippen molar-refractivity contribution in [1.82, 2.24) is 8.61 Å². The predicted octanol–water partition coefficient (Wildman–Crippen LogP) is 2.96. The normalized spacial score (nSPS) is 17.7. The van der Waals surface area contributed by atoms with Gasteiger partial charge in [0.15, 0.2) is 0 Å². The third-order valence-electron chi connectivity index (χ3n) is 4.98. The van der Waals surface area contributed by atoms with Crippen molar-refractivity contribution in [1.29, 1.82) is 0 Å². The van der Waals surface area contributed by atoms with E-state index < -0.39 is 20.0 Å². The first kappa shape index (κ1) is 23.2. The second kappa shape index (κ2) is 9.33. The van der Waals surface area contributed by atoms with Gasteiger partial charge in [-0.2, -0.15) is 4.31 Å². The van der Waals surface area contributed by atoms with Crippen LogP contribution in [-0.4, -0.2) is 58.8 Å². The van der Waals surface area contributed by atoms with Gasteiger partial charge in [-0.15, -0.1) is 0 Å². The fourth-order valence-electron chi connectivity index (χ4n) is 3.22. The number of hydrogen-bond donors (Lipinski definition) is 0. The van der Waals surface area contributed by atoms with Crippen LogP contribution in [0.15, 0.2) is 58.3 Å². The molecule has 0 spiro atoms. The molecule has 1 aliphatic heterocycles. The minimum atomic E-state index is -3.90. The maximum Gasteiger partial charge on any atom is 0.243 e. The highest BCUT2D eigenvalue weighted by Gasteiger charge is 2.30. The molecule has 3 rings (SSSR count). The molecule has 0 unspecified atom stereocenters. The molecule has 1 fully saturated rings. The number of benzene rings is 2. The summed E-state index contributed by atoms with van der Waals surface area (Å²) in [6.07, 6.45) is 1.49. The lowest BCUT2D eigenvalue weighted by Gasteiger charge is -2.25. The quantitative estimate of drug-likeness (QED) is 0.589. The van der Waals surface area contributed by atoms with Gasteiger partial charge in [0.25, 0.3) is 0 Å². The van der Waals surface area contributed by atoms with Crippen molar-refractivity contribution in [2.24, 2.45) is 0 Å². The Labute approximate surface area is 183 Å². The second-order valence-corrected chi connectivity index (χ2v) is 11.8. The molecule has 0 amide bonds. The molecule has 0 saturated carbocycles. The van der Waals surface area contributed by atoms with E-state index in [1.54, 1.807) is 24.3 Å². The van der Waals surface area contributed by atoms with Gasteiger partial charge in [0.1, 0.15) is 0 Å². The van der Waals surface area contributed by atoms with Crippen molar-refractivity contribution in [3.8, 4) is 0 Å². The van der Waals surface area contributed by atoms with Crippen molar-refractivity contribution in [3.05, 3.63) is 59.1 Å². The number of rotatable bonds is 8. The highest BCUT2D eigenvalue weighted by molar-refractivity contribution is 7.89. The van der Waals surface area contributed by atoms with Crippen LogP contribution < -0.4 is 0 Å².